The van der Waals surface area contributed by atoms with Gasteiger partial charge in [-0.15, -0.1) is 10.2 Å². The van der Waals surface area contributed by atoms with Crippen molar-refractivity contribution in [3.63, 3.8) is 0 Å². The van der Waals surface area contributed by atoms with Crippen molar-refractivity contribution in [2.24, 2.45) is 0 Å². The van der Waals surface area contributed by atoms with Crippen LogP contribution in [0.3, 0.4) is 0 Å². The lowest BCUT2D eigenvalue weighted by Crippen LogP contribution is -2.26. The standard InChI is InChI=1S/C18H15ClFN3O2/c1-11(12-6-3-2-4-7-12)21-17(24)18-23-22-16(25-18)10-13-14(19)8-5-9-15(13)20/h2-9,11H,10H2,1H3,(H,21,24)/t11-/m1/s1. The molecule has 0 unspecified atom stereocenters. The number of aromatic nitrogens is 2. The Morgan fingerprint density at radius 2 is 1.96 bits per heavy atom. The van der Waals surface area contributed by atoms with Gasteiger partial charge in [0.2, 0.25) is 5.89 Å². The number of nitrogens with zero attached hydrogens (tertiary/aromatic N) is 2. The van der Waals surface area contributed by atoms with Gasteiger partial charge in [0.05, 0.1) is 12.5 Å². The van der Waals surface area contributed by atoms with Crippen LogP contribution in [-0.4, -0.2) is 16.1 Å². The predicted octanol–water partition coefficient (Wildman–Crippen LogP) is 3.94. The van der Waals surface area contributed by atoms with Crippen molar-refractivity contribution in [1.29, 1.82) is 0 Å². The Morgan fingerprint density at radius 3 is 2.68 bits per heavy atom. The van der Waals surface area contributed by atoms with Crippen molar-refractivity contribution in [3.8, 4) is 0 Å². The van der Waals surface area contributed by atoms with E-state index in [0.29, 0.717) is 0 Å². The molecule has 128 valence electrons. The second-order valence-corrected chi connectivity index (χ2v) is 5.89. The molecule has 7 heteroatoms. The molecule has 5 nitrogen and oxygen atoms in total. The molecule has 3 aromatic rings. The zero-order valence-corrected chi connectivity index (χ0v) is 14.1. The summed E-state index contributed by atoms with van der Waals surface area (Å²) in [7, 11) is 0. The highest BCUT2D eigenvalue weighted by Crippen LogP contribution is 2.22. The van der Waals surface area contributed by atoms with Gasteiger partial charge >= 0.3 is 11.8 Å². The first-order chi connectivity index (χ1) is 12.0. The normalized spacial score (nSPS) is 12.0. The molecule has 0 aliphatic heterocycles. The molecule has 0 radical (unpaired) electrons. The van der Waals surface area contributed by atoms with Crippen LogP contribution >= 0.6 is 11.6 Å². The number of carbonyl (C=O) groups is 1. The Bertz CT molecular complexity index is 863. The van der Waals surface area contributed by atoms with E-state index in [4.69, 9.17) is 16.0 Å². The molecule has 1 heterocycles. The van der Waals surface area contributed by atoms with E-state index in [-0.39, 0.29) is 34.8 Å². The van der Waals surface area contributed by atoms with Gasteiger partial charge in [-0.1, -0.05) is 48.0 Å². The van der Waals surface area contributed by atoms with Gasteiger partial charge in [0.15, 0.2) is 0 Å². The second-order valence-electron chi connectivity index (χ2n) is 5.48. The van der Waals surface area contributed by atoms with Crippen molar-refractivity contribution in [2.75, 3.05) is 0 Å². The van der Waals surface area contributed by atoms with Gasteiger partial charge in [-0.3, -0.25) is 4.79 Å². The van der Waals surface area contributed by atoms with Crippen LogP contribution < -0.4 is 5.32 Å². The first kappa shape index (κ1) is 17.1. The van der Waals surface area contributed by atoms with Crippen molar-refractivity contribution in [3.05, 3.63) is 82.3 Å². The molecule has 2 aromatic carbocycles. The third-order valence-electron chi connectivity index (χ3n) is 3.70. The average molecular weight is 360 g/mol. The fourth-order valence-electron chi connectivity index (χ4n) is 2.35. The molecule has 0 saturated heterocycles. The maximum Gasteiger partial charge on any atom is 0.309 e. The highest BCUT2D eigenvalue weighted by Gasteiger charge is 2.19. The Labute approximate surface area is 148 Å². The third-order valence-corrected chi connectivity index (χ3v) is 4.05. The number of hydrogen-bond donors (Lipinski definition) is 1. The van der Waals surface area contributed by atoms with E-state index >= 15 is 0 Å². The lowest BCUT2D eigenvalue weighted by molar-refractivity contribution is 0.0903. The van der Waals surface area contributed by atoms with E-state index in [1.165, 1.54) is 12.1 Å². The molecular formula is C18H15ClFN3O2. The minimum atomic E-state index is -0.491. The molecule has 0 spiro atoms. The molecule has 1 amide bonds. The summed E-state index contributed by atoms with van der Waals surface area (Å²) in [6.45, 7) is 1.85. The van der Waals surface area contributed by atoms with Gasteiger partial charge in [0.25, 0.3) is 0 Å². The van der Waals surface area contributed by atoms with Gasteiger partial charge in [0.1, 0.15) is 5.82 Å². The average Bonchev–Trinajstić information content (AvgIpc) is 3.08. The largest absolute Gasteiger partial charge is 0.417 e. The summed E-state index contributed by atoms with van der Waals surface area (Å²) in [6.07, 6.45) is 0.0139. The molecule has 1 aromatic heterocycles. The summed E-state index contributed by atoms with van der Waals surface area (Å²) < 4.78 is 19.1. The Kier molecular flexibility index (Phi) is 5.09. The molecule has 3 rings (SSSR count). The number of nitrogens with one attached hydrogen (secondary N) is 1. The van der Waals surface area contributed by atoms with Crippen LogP contribution in [-0.2, 0) is 6.42 Å². The molecule has 0 aliphatic rings. The Morgan fingerprint density at radius 1 is 1.20 bits per heavy atom. The smallest absolute Gasteiger partial charge is 0.309 e. The van der Waals surface area contributed by atoms with Gasteiger partial charge in [-0.25, -0.2) is 4.39 Å². The third kappa shape index (κ3) is 4.03. The summed E-state index contributed by atoms with van der Waals surface area (Å²) >= 11 is 5.98. The van der Waals surface area contributed by atoms with Crippen LogP contribution in [0.2, 0.25) is 5.02 Å². The summed E-state index contributed by atoms with van der Waals surface area (Å²) in [6, 6.07) is 13.7. The van der Waals surface area contributed by atoms with Crippen LogP contribution in [0.5, 0.6) is 0 Å². The quantitative estimate of drug-likeness (QED) is 0.749. The number of rotatable bonds is 5. The highest BCUT2D eigenvalue weighted by molar-refractivity contribution is 6.31. The highest BCUT2D eigenvalue weighted by atomic mass is 35.5. The Balaban J connectivity index is 1.70. The van der Waals surface area contributed by atoms with Crippen molar-refractivity contribution in [1.82, 2.24) is 15.5 Å². The molecule has 1 atom stereocenters. The van der Waals surface area contributed by atoms with Crippen LogP contribution in [0.15, 0.2) is 52.9 Å². The van der Waals surface area contributed by atoms with Crippen molar-refractivity contribution < 1.29 is 13.6 Å². The van der Waals surface area contributed by atoms with Gasteiger partial charge in [-0.05, 0) is 24.6 Å². The van der Waals surface area contributed by atoms with E-state index < -0.39 is 11.7 Å². The lowest BCUT2D eigenvalue weighted by atomic mass is 10.1. The van der Waals surface area contributed by atoms with Crippen LogP contribution in [0.1, 0.15) is 40.7 Å². The SMILES string of the molecule is C[C@@H](NC(=O)c1nnc(Cc2c(F)cccc2Cl)o1)c1ccccc1. The van der Waals surface area contributed by atoms with Crippen molar-refractivity contribution in [2.45, 2.75) is 19.4 Å². The van der Waals surface area contributed by atoms with Crippen LogP contribution in [0.4, 0.5) is 4.39 Å². The summed E-state index contributed by atoms with van der Waals surface area (Å²) in [4.78, 5) is 12.2. The zero-order valence-electron chi connectivity index (χ0n) is 13.4. The molecule has 0 bridgehead atoms. The number of hydrogen-bond acceptors (Lipinski definition) is 4. The summed E-state index contributed by atoms with van der Waals surface area (Å²) in [5.74, 6) is -1.01. The van der Waals surface area contributed by atoms with Crippen LogP contribution in [0, 0.1) is 5.82 Å². The van der Waals surface area contributed by atoms with E-state index in [1.807, 2.05) is 37.3 Å². The van der Waals surface area contributed by atoms with Gasteiger partial charge < -0.3 is 9.73 Å². The molecule has 0 aliphatic carbocycles. The number of carbonyl (C=O) groups excluding carboxylic acids is 1. The zero-order chi connectivity index (χ0) is 17.8. The first-order valence-corrected chi connectivity index (χ1v) is 8.03. The molecule has 1 N–H and O–H groups in total. The fraction of sp³-hybridized carbons (Fsp3) is 0.167. The second kappa shape index (κ2) is 7.44. The van der Waals surface area contributed by atoms with E-state index in [9.17, 15) is 9.18 Å². The topological polar surface area (TPSA) is 68.0 Å². The minimum absolute atomic E-state index is 0.0139. The maximum atomic E-state index is 13.8. The van der Waals surface area contributed by atoms with Crippen molar-refractivity contribution >= 4 is 17.5 Å². The lowest BCUT2D eigenvalue weighted by Gasteiger charge is -2.12. The number of benzene rings is 2. The Hall–Kier alpha value is -2.73. The molecule has 0 saturated carbocycles. The maximum absolute atomic E-state index is 13.8. The van der Waals surface area contributed by atoms with Crippen LogP contribution in [0.25, 0.3) is 0 Å². The van der Waals surface area contributed by atoms with Gasteiger partial charge in [-0.2, -0.15) is 0 Å². The fourth-order valence-corrected chi connectivity index (χ4v) is 2.58. The van der Waals surface area contributed by atoms with Gasteiger partial charge in [0, 0.05) is 10.6 Å². The summed E-state index contributed by atoms with van der Waals surface area (Å²) in [5.41, 5.74) is 1.20. The monoisotopic (exact) mass is 359 g/mol. The minimum Gasteiger partial charge on any atom is -0.417 e. The van der Waals surface area contributed by atoms with E-state index in [0.717, 1.165) is 5.56 Å². The number of amides is 1. The molecular weight excluding hydrogens is 345 g/mol. The number of halogens is 2. The molecule has 25 heavy (non-hydrogen) atoms. The van der Waals surface area contributed by atoms with E-state index in [1.54, 1.807) is 6.07 Å². The van der Waals surface area contributed by atoms with E-state index in [2.05, 4.69) is 15.5 Å². The predicted molar refractivity (Wildman–Crippen MR) is 90.8 cm³/mol. The molecule has 0 fully saturated rings. The first-order valence-electron chi connectivity index (χ1n) is 7.65. The summed E-state index contributed by atoms with van der Waals surface area (Å²) in [5, 5.41) is 10.6.